The first-order valence-electron chi connectivity index (χ1n) is 8.99. The van der Waals surface area contributed by atoms with Crippen LogP contribution in [-0.2, 0) is 10.0 Å². The van der Waals surface area contributed by atoms with E-state index in [4.69, 9.17) is 4.74 Å². The van der Waals surface area contributed by atoms with Gasteiger partial charge in [0.05, 0.1) is 17.6 Å². The molecule has 0 saturated heterocycles. The maximum atomic E-state index is 12.6. The molecule has 7 nitrogen and oxygen atoms in total. The van der Waals surface area contributed by atoms with Crippen molar-refractivity contribution in [1.29, 1.82) is 0 Å². The number of hydrogen-bond acceptors (Lipinski definition) is 6. The number of methoxy groups -OCH3 is 1. The molecule has 0 spiro atoms. The average molecular weight is 430 g/mol. The number of hydrogen-bond donors (Lipinski definition) is 2. The van der Waals surface area contributed by atoms with E-state index in [1.54, 1.807) is 24.6 Å². The van der Waals surface area contributed by atoms with Crippen LogP contribution in [0.25, 0.3) is 10.6 Å². The first-order chi connectivity index (χ1) is 14.0. The molecule has 1 saturated carbocycles. The molecule has 2 aromatic carbocycles. The highest BCUT2D eigenvalue weighted by atomic mass is 32.2. The summed E-state index contributed by atoms with van der Waals surface area (Å²) in [5, 5.41) is 5.04. The summed E-state index contributed by atoms with van der Waals surface area (Å²) in [6.07, 6.45) is 1.71. The number of ether oxygens (including phenoxy) is 1. The molecule has 1 aromatic heterocycles. The van der Waals surface area contributed by atoms with Gasteiger partial charge in [0.2, 0.25) is 10.0 Å². The number of benzene rings is 2. The van der Waals surface area contributed by atoms with Crippen LogP contribution in [-0.4, -0.2) is 32.5 Å². The smallest absolute Gasteiger partial charge is 0.275 e. The van der Waals surface area contributed by atoms with Crippen molar-refractivity contribution in [2.45, 2.75) is 23.8 Å². The number of nitrogens with zero attached hydrogens (tertiary/aromatic N) is 1. The summed E-state index contributed by atoms with van der Waals surface area (Å²) in [6, 6.07) is 13.6. The average Bonchev–Trinajstić information content (AvgIpc) is 3.38. The second kappa shape index (κ2) is 7.94. The highest BCUT2D eigenvalue weighted by molar-refractivity contribution is 7.89. The lowest BCUT2D eigenvalue weighted by atomic mass is 10.2. The Morgan fingerprint density at radius 1 is 1.17 bits per heavy atom. The third-order valence-corrected chi connectivity index (χ3v) is 6.77. The maximum Gasteiger partial charge on any atom is 0.275 e. The number of thiazole rings is 1. The Bertz CT molecular complexity index is 1150. The van der Waals surface area contributed by atoms with Gasteiger partial charge in [-0.05, 0) is 43.2 Å². The van der Waals surface area contributed by atoms with Crippen molar-refractivity contribution in [2.24, 2.45) is 0 Å². The Morgan fingerprint density at radius 2 is 1.97 bits per heavy atom. The third-order valence-electron chi connectivity index (χ3n) is 4.38. The molecule has 0 aliphatic heterocycles. The molecule has 0 unspecified atom stereocenters. The fourth-order valence-corrected chi connectivity index (χ4v) is 4.93. The van der Waals surface area contributed by atoms with Gasteiger partial charge in [0.15, 0.2) is 0 Å². The lowest BCUT2D eigenvalue weighted by molar-refractivity contribution is 0.102. The number of anilines is 1. The first-order valence-corrected chi connectivity index (χ1v) is 11.4. The number of para-hydroxylation sites is 1. The molecule has 1 amide bonds. The predicted octanol–water partition coefficient (Wildman–Crippen LogP) is 3.51. The number of nitrogens with one attached hydrogen (secondary N) is 2. The molecule has 3 aromatic rings. The topological polar surface area (TPSA) is 97.4 Å². The molecule has 0 atom stereocenters. The molecule has 2 N–H and O–H groups in total. The zero-order chi connectivity index (χ0) is 20.4. The minimum absolute atomic E-state index is 0.0154. The van der Waals surface area contributed by atoms with Crippen molar-refractivity contribution in [1.82, 2.24) is 9.71 Å². The third kappa shape index (κ3) is 4.47. The summed E-state index contributed by atoms with van der Waals surface area (Å²) in [4.78, 5) is 17.1. The Morgan fingerprint density at radius 3 is 2.72 bits per heavy atom. The number of rotatable bonds is 7. The normalized spacial score (nSPS) is 13.8. The van der Waals surface area contributed by atoms with Crippen molar-refractivity contribution in [3.63, 3.8) is 0 Å². The SMILES string of the molecule is COc1ccccc1-c1nc(C(=O)Nc2cccc(S(=O)(=O)NC3CC3)c2)cs1. The molecule has 29 heavy (non-hydrogen) atoms. The van der Waals surface area contributed by atoms with Crippen molar-refractivity contribution in [2.75, 3.05) is 12.4 Å². The molecule has 9 heteroatoms. The number of amides is 1. The van der Waals surface area contributed by atoms with Gasteiger partial charge in [-0.1, -0.05) is 18.2 Å². The number of aromatic nitrogens is 1. The van der Waals surface area contributed by atoms with Crippen LogP contribution in [0.4, 0.5) is 5.69 Å². The molecule has 1 heterocycles. The highest BCUT2D eigenvalue weighted by Crippen LogP contribution is 2.32. The Hall–Kier alpha value is -2.75. The van der Waals surface area contributed by atoms with Crippen molar-refractivity contribution in [3.05, 3.63) is 59.6 Å². The van der Waals surface area contributed by atoms with Crippen LogP contribution in [0.15, 0.2) is 58.8 Å². The number of carbonyl (C=O) groups is 1. The minimum Gasteiger partial charge on any atom is -0.496 e. The molecule has 1 aliphatic rings. The molecule has 4 rings (SSSR count). The summed E-state index contributed by atoms with van der Waals surface area (Å²) in [5.74, 6) is 0.266. The molecule has 150 valence electrons. The minimum atomic E-state index is -3.59. The van der Waals surface area contributed by atoms with Gasteiger partial charge in [0.25, 0.3) is 5.91 Å². The van der Waals surface area contributed by atoms with Gasteiger partial charge in [-0.15, -0.1) is 11.3 Å². The van der Waals surface area contributed by atoms with Crippen LogP contribution in [0, 0.1) is 0 Å². The van der Waals surface area contributed by atoms with Crippen molar-refractivity contribution in [3.8, 4) is 16.3 Å². The molecule has 1 aliphatic carbocycles. The second-order valence-corrected chi connectivity index (χ2v) is 9.19. The summed E-state index contributed by atoms with van der Waals surface area (Å²) < 4.78 is 32.7. The fraction of sp³-hybridized carbons (Fsp3) is 0.200. The van der Waals surface area contributed by atoms with E-state index in [9.17, 15) is 13.2 Å². The van der Waals surface area contributed by atoms with Gasteiger partial charge in [-0.2, -0.15) is 0 Å². The van der Waals surface area contributed by atoms with E-state index in [1.807, 2.05) is 24.3 Å². The van der Waals surface area contributed by atoms with Crippen molar-refractivity contribution < 1.29 is 17.9 Å². The van der Waals surface area contributed by atoms with Crippen molar-refractivity contribution >= 4 is 33.0 Å². The monoisotopic (exact) mass is 429 g/mol. The van der Waals surface area contributed by atoms with E-state index < -0.39 is 15.9 Å². The quantitative estimate of drug-likeness (QED) is 0.599. The fourth-order valence-electron chi connectivity index (χ4n) is 2.75. The van der Waals surface area contributed by atoms with Gasteiger partial charge in [-0.25, -0.2) is 18.1 Å². The summed E-state index contributed by atoms with van der Waals surface area (Å²) in [5.41, 5.74) is 1.44. The standard InChI is InChI=1S/C20H19N3O4S2/c1-27-18-8-3-2-7-16(18)20-22-17(12-28-20)19(24)21-14-5-4-6-15(11-14)29(25,26)23-13-9-10-13/h2-8,11-13,23H,9-10H2,1H3,(H,21,24). The van der Waals surface area contributed by atoms with Crippen LogP contribution in [0.2, 0.25) is 0 Å². The maximum absolute atomic E-state index is 12.6. The van der Waals surface area contributed by atoms with E-state index in [-0.39, 0.29) is 16.6 Å². The summed E-state index contributed by atoms with van der Waals surface area (Å²) in [7, 11) is -2.01. The van der Waals surface area contributed by atoms with Crippen LogP contribution >= 0.6 is 11.3 Å². The Labute approximate surface area is 172 Å². The summed E-state index contributed by atoms with van der Waals surface area (Å²) in [6.45, 7) is 0. The highest BCUT2D eigenvalue weighted by Gasteiger charge is 2.28. The van der Waals surface area contributed by atoms with Crippen LogP contribution in [0.1, 0.15) is 23.3 Å². The van der Waals surface area contributed by atoms with Crippen LogP contribution in [0.5, 0.6) is 5.75 Å². The lowest BCUT2D eigenvalue weighted by Gasteiger charge is -2.08. The van der Waals surface area contributed by atoms with Gasteiger partial charge < -0.3 is 10.1 Å². The molecular weight excluding hydrogens is 410 g/mol. The Balaban J connectivity index is 1.52. The van der Waals surface area contributed by atoms with Gasteiger partial charge in [-0.3, -0.25) is 4.79 Å². The largest absolute Gasteiger partial charge is 0.496 e. The zero-order valence-electron chi connectivity index (χ0n) is 15.6. The summed E-state index contributed by atoms with van der Waals surface area (Å²) >= 11 is 1.33. The zero-order valence-corrected chi connectivity index (χ0v) is 17.2. The van der Waals surface area contributed by atoms with E-state index >= 15 is 0 Å². The van der Waals surface area contributed by atoms with E-state index in [2.05, 4.69) is 15.0 Å². The van der Waals surface area contributed by atoms with Crippen LogP contribution in [0.3, 0.4) is 0 Å². The Kier molecular flexibility index (Phi) is 5.35. The van der Waals surface area contributed by atoms with Gasteiger partial charge >= 0.3 is 0 Å². The molecule has 1 fully saturated rings. The van der Waals surface area contributed by atoms with Gasteiger partial charge in [0.1, 0.15) is 16.5 Å². The molecule has 0 bridgehead atoms. The van der Waals surface area contributed by atoms with Crippen LogP contribution < -0.4 is 14.8 Å². The second-order valence-electron chi connectivity index (χ2n) is 6.62. The van der Waals surface area contributed by atoms with Gasteiger partial charge in [0, 0.05) is 17.1 Å². The molecule has 0 radical (unpaired) electrons. The number of carbonyl (C=O) groups excluding carboxylic acids is 1. The molecular formula is C20H19N3O4S2. The first kappa shape index (κ1) is 19.6. The lowest BCUT2D eigenvalue weighted by Crippen LogP contribution is -2.25. The number of sulfonamides is 1. The van der Waals surface area contributed by atoms with E-state index in [1.165, 1.54) is 23.5 Å². The van der Waals surface area contributed by atoms with E-state index in [0.29, 0.717) is 16.4 Å². The predicted molar refractivity (Wildman–Crippen MR) is 112 cm³/mol. The van der Waals surface area contributed by atoms with E-state index in [0.717, 1.165) is 18.4 Å².